The Balaban J connectivity index is 0.00000225. The van der Waals surface area contributed by atoms with Gasteiger partial charge in [-0.25, -0.2) is 0 Å². The number of rotatable bonds is 4. The van der Waals surface area contributed by atoms with Crippen molar-refractivity contribution in [2.45, 2.75) is 46.0 Å². The monoisotopic (exact) mass is 462 g/mol. The summed E-state index contributed by atoms with van der Waals surface area (Å²) in [6.07, 6.45) is 10.1. The summed E-state index contributed by atoms with van der Waals surface area (Å²) >= 11 is 0. The van der Waals surface area contributed by atoms with Gasteiger partial charge in [-0.3, -0.25) is 0 Å². The second kappa shape index (κ2) is 8.22. The van der Waals surface area contributed by atoms with Crippen LogP contribution in [0.15, 0.2) is 60.7 Å². The Labute approximate surface area is 189 Å². The van der Waals surface area contributed by atoms with Gasteiger partial charge >= 0.3 is 0 Å². The van der Waals surface area contributed by atoms with Crippen LogP contribution in [-0.4, -0.2) is 8.32 Å². The topological polar surface area (TPSA) is 9.23 Å². The van der Waals surface area contributed by atoms with Crippen LogP contribution in [0.4, 0.5) is 0 Å². The van der Waals surface area contributed by atoms with E-state index < -0.39 is 8.32 Å². The van der Waals surface area contributed by atoms with Gasteiger partial charge in [0.1, 0.15) is 0 Å². The first-order valence-corrected chi connectivity index (χ1v) is 13.3. The molecule has 2 aromatic rings. The second-order valence-electron chi connectivity index (χ2n) is 8.40. The van der Waals surface area contributed by atoms with Gasteiger partial charge in [-0.05, 0) is 84.4 Å². The van der Waals surface area contributed by atoms with E-state index in [-0.39, 0.29) is 32.3 Å². The fourth-order valence-corrected chi connectivity index (χ4v) is 5.61. The van der Waals surface area contributed by atoms with Crippen LogP contribution in [0.2, 0.25) is 19.6 Å². The largest absolute Gasteiger partial charge is 0.411 e. The summed E-state index contributed by atoms with van der Waals surface area (Å²) in [5.41, 5.74) is 10.9. The Kier molecular flexibility index (Phi) is 6.29. The van der Waals surface area contributed by atoms with Gasteiger partial charge in [-0.1, -0.05) is 60.7 Å². The van der Waals surface area contributed by atoms with Gasteiger partial charge in [0.15, 0.2) is 8.32 Å². The van der Waals surface area contributed by atoms with Gasteiger partial charge in [0.05, 0.1) is 6.10 Å². The van der Waals surface area contributed by atoms with Crippen molar-refractivity contribution in [3.8, 4) is 11.1 Å². The molecule has 3 heteroatoms. The van der Waals surface area contributed by atoms with Gasteiger partial charge in [-0.15, -0.1) is 0 Å². The smallest absolute Gasteiger partial charge is 0.184 e. The van der Waals surface area contributed by atoms with Crippen LogP contribution in [-0.2, 0) is 30.6 Å². The van der Waals surface area contributed by atoms with E-state index in [9.17, 15) is 0 Å². The van der Waals surface area contributed by atoms with E-state index in [0.717, 1.165) is 6.42 Å². The predicted molar refractivity (Wildman–Crippen MR) is 119 cm³/mol. The molecule has 0 saturated heterocycles. The summed E-state index contributed by atoms with van der Waals surface area (Å²) in [6.45, 7) is 11.2. The summed E-state index contributed by atoms with van der Waals surface area (Å²) in [5.74, 6) is 0. The van der Waals surface area contributed by atoms with Crippen LogP contribution in [0.5, 0.6) is 0 Å². The molecule has 2 aliphatic rings. The maximum Gasteiger partial charge on any atom is 0.184 e. The van der Waals surface area contributed by atoms with Crippen molar-refractivity contribution in [2.75, 3.05) is 0 Å². The van der Waals surface area contributed by atoms with Crippen LogP contribution in [0.1, 0.15) is 48.6 Å². The molecule has 0 spiro atoms. The van der Waals surface area contributed by atoms with Crippen LogP contribution >= 0.6 is 0 Å². The molecule has 2 aliphatic carbocycles. The van der Waals surface area contributed by atoms with Gasteiger partial charge in [0, 0.05) is 26.2 Å². The van der Waals surface area contributed by atoms with Crippen LogP contribution in [0, 0.1) is 0 Å². The summed E-state index contributed by atoms with van der Waals surface area (Å²) in [6, 6.07) is 13.4. The number of fused-ring (bicyclic) bond motifs is 3. The van der Waals surface area contributed by atoms with Crippen LogP contribution in [0.25, 0.3) is 22.3 Å². The standard InChI is InChI=1S/C25H28OSi.Zr/c1-6-19-21-13-9-10-14-22(21)23-16-15-20(17(2)26-27(3,4)5)24(25(19)23)18-11-7-8-12-18;/h6-11,13-17H,12H2,1-5H3;/b19-6-;. The van der Waals surface area contributed by atoms with Crippen LogP contribution in [0.3, 0.4) is 0 Å². The molecule has 0 N–H and O–H groups in total. The molecule has 0 fully saturated rings. The molecule has 142 valence electrons. The molecular weight excluding hydrogens is 436 g/mol. The third-order valence-corrected chi connectivity index (χ3v) is 6.42. The average molecular weight is 464 g/mol. The van der Waals surface area contributed by atoms with E-state index >= 15 is 0 Å². The van der Waals surface area contributed by atoms with Crippen LogP contribution < -0.4 is 0 Å². The summed E-state index contributed by atoms with van der Waals surface area (Å²) in [4.78, 5) is 0. The number of hydrogen-bond acceptors (Lipinski definition) is 1. The first-order valence-electron chi connectivity index (χ1n) is 9.88. The first kappa shape index (κ1) is 21.4. The minimum absolute atomic E-state index is 0. The molecule has 4 rings (SSSR count). The third kappa shape index (κ3) is 3.77. The van der Waals surface area contributed by atoms with Gasteiger partial charge in [-0.2, -0.15) is 0 Å². The summed E-state index contributed by atoms with van der Waals surface area (Å²) < 4.78 is 6.50. The Morgan fingerprint density at radius 3 is 2.29 bits per heavy atom. The molecular formula is C25H28OSiZr. The average Bonchev–Trinajstić information content (AvgIpc) is 3.25. The van der Waals surface area contributed by atoms with E-state index in [0.29, 0.717) is 0 Å². The van der Waals surface area contributed by atoms with Crippen molar-refractivity contribution < 1.29 is 30.6 Å². The van der Waals surface area contributed by atoms with E-state index in [2.05, 4.69) is 94.2 Å². The van der Waals surface area contributed by atoms with E-state index in [1.807, 2.05) is 0 Å². The zero-order valence-corrected chi connectivity index (χ0v) is 20.9. The number of hydrogen-bond donors (Lipinski definition) is 0. The molecule has 0 amide bonds. The molecule has 1 unspecified atom stereocenters. The van der Waals surface area contributed by atoms with Crippen molar-refractivity contribution >= 4 is 19.5 Å². The number of allylic oxidation sites excluding steroid dienone is 5. The fourth-order valence-electron chi connectivity index (χ4n) is 4.42. The van der Waals surface area contributed by atoms with Gasteiger partial charge in [0.2, 0.25) is 0 Å². The fraction of sp³-hybridized carbons (Fsp3) is 0.280. The maximum absolute atomic E-state index is 6.50. The molecule has 2 aromatic carbocycles. The van der Waals surface area contributed by atoms with Gasteiger partial charge in [0.25, 0.3) is 0 Å². The predicted octanol–water partition coefficient (Wildman–Crippen LogP) is 7.37. The molecule has 0 aliphatic heterocycles. The van der Waals surface area contributed by atoms with E-state index in [1.54, 1.807) is 0 Å². The van der Waals surface area contributed by atoms with E-state index in [1.165, 1.54) is 44.5 Å². The Morgan fingerprint density at radius 1 is 0.964 bits per heavy atom. The molecule has 28 heavy (non-hydrogen) atoms. The quantitative estimate of drug-likeness (QED) is 0.367. The van der Waals surface area contributed by atoms with Gasteiger partial charge < -0.3 is 4.43 Å². The third-order valence-electron chi connectivity index (χ3n) is 5.36. The first-order chi connectivity index (χ1) is 12.9. The zero-order valence-electron chi connectivity index (χ0n) is 17.5. The van der Waals surface area contributed by atoms with E-state index in [4.69, 9.17) is 4.43 Å². The summed E-state index contributed by atoms with van der Waals surface area (Å²) in [5, 5.41) is 0. The molecule has 0 aromatic heterocycles. The Bertz CT molecular complexity index is 992. The molecule has 1 atom stereocenters. The molecule has 1 nitrogen and oxygen atoms in total. The zero-order chi connectivity index (χ0) is 19.2. The Hall–Kier alpha value is -1.28. The minimum Gasteiger partial charge on any atom is -0.411 e. The molecule has 0 saturated carbocycles. The number of benzene rings is 2. The second-order valence-corrected chi connectivity index (χ2v) is 12.9. The molecule has 0 radical (unpaired) electrons. The van der Waals surface area contributed by atoms with Crippen molar-refractivity contribution in [3.63, 3.8) is 0 Å². The summed E-state index contributed by atoms with van der Waals surface area (Å²) in [7, 11) is -1.63. The van der Waals surface area contributed by atoms with Crippen molar-refractivity contribution in [1.82, 2.24) is 0 Å². The molecule has 0 heterocycles. The van der Waals surface area contributed by atoms with Crippen molar-refractivity contribution in [2.24, 2.45) is 0 Å². The Morgan fingerprint density at radius 2 is 1.68 bits per heavy atom. The maximum atomic E-state index is 6.50. The van der Waals surface area contributed by atoms with Crippen molar-refractivity contribution in [3.05, 3.63) is 83.0 Å². The minimum atomic E-state index is -1.63. The van der Waals surface area contributed by atoms with Crippen molar-refractivity contribution in [1.29, 1.82) is 0 Å². The molecule has 0 bridgehead atoms. The normalized spacial score (nSPS) is 17.2. The SMILES string of the molecule is C/C=C1/c2ccccc2-c2ccc(C(C)O[Si](C)(C)C)c(C3=CC=CC3)c21.[Zr].